The lowest BCUT2D eigenvalue weighted by atomic mass is 10.1. The number of amides is 1. The molecule has 0 bridgehead atoms. The van der Waals surface area contributed by atoms with Crippen molar-refractivity contribution < 1.29 is 14.3 Å². The zero-order valence-corrected chi connectivity index (χ0v) is 11.4. The summed E-state index contributed by atoms with van der Waals surface area (Å²) < 4.78 is 4.57. The van der Waals surface area contributed by atoms with Crippen LogP contribution in [0.3, 0.4) is 0 Å². The Bertz CT molecular complexity index is 496. The summed E-state index contributed by atoms with van der Waals surface area (Å²) in [5, 5.41) is 0. The molecule has 102 valence electrons. The summed E-state index contributed by atoms with van der Waals surface area (Å²) in [6.07, 6.45) is 3.57. The van der Waals surface area contributed by atoms with Gasteiger partial charge in [-0.1, -0.05) is 6.07 Å². The molecule has 0 saturated carbocycles. The first-order chi connectivity index (χ1) is 9.11. The summed E-state index contributed by atoms with van der Waals surface area (Å²) in [5.74, 6) is -0.341. The van der Waals surface area contributed by atoms with Crippen LogP contribution in [0.2, 0.25) is 0 Å². The molecule has 19 heavy (non-hydrogen) atoms. The van der Waals surface area contributed by atoms with Gasteiger partial charge in [-0.3, -0.25) is 9.59 Å². The molecule has 2 rings (SSSR count). The minimum atomic E-state index is -0.298. The maximum absolute atomic E-state index is 12.2. The van der Waals surface area contributed by atoms with E-state index in [0.29, 0.717) is 12.1 Å². The van der Waals surface area contributed by atoms with Crippen LogP contribution in [-0.2, 0) is 22.4 Å². The summed E-state index contributed by atoms with van der Waals surface area (Å²) >= 11 is 0. The molecule has 0 heterocycles. The Morgan fingerprint density at radius 1 is 1.26 bits per heavy atom. The third-order valence-electron chi connectivity index (χ3n) is 3.57. The molecule has 0 saturated heterocycles. The highest BCUT2D eigenvalue weighted by Gasteiger charge is 2.17. The highest BCUT2D eigenvalue weighted by Crippen LogP contribution is 2.23. The third-order valence-corrected chi connectivity index (χ3v) is 3.57. The number of ether oxygens (including phenoxy) is 1. The fraction of sp³-hybridized carbons (Fsp3) is 0.467. The predicted octanol–water partition coefficient (Wildman–Crippen LogP) is 1.81. The smallest absolute Gasteiger partial charge is 0.307 e. The minimum Gasteiger partial charge on any atom is -0.469 e. The normalized spacial score (nSPS) is 12.9. The van der Waals surface area contributed by atoms with Crippen LogP contribution in [-0.4, -0.2) is 37.5 Å². The van der Waals surface area contributed by atoms with E-state index in [9.17, 15) is 9.59 Å². The number of fused-ring (bicyclic) bond motifs is 1. The number of benzene rings is 1. The number of hydrogen-bond donors (Lipinski definition) is 0. The van der Waals surface area contributed by atoms with Crippen LogP contribution in [0.1, 0.15) is 34.3 Å². The van der Waals surface area contributed by atoms with E-state index in [1.807, 2.05) is 18.2 Å². The molecule has 0 spiro atoms. The van der Waals surface area contributed by atoms with Gasteiger partial charge >= 0.3 is 5.97 Å². The van der Waals surface area contributed by atoms with Crippen molar-refractivity contribution >= 4 is 11.9 Å². The van der Waals surface area contributed by atoms with Gasteiger partial charge in [-0.05, 0) is 42.5 Å². The van der Waals surface area contributed by atoms with Crippen molar-refractivity contribution in [1.82, 2.24) is 4.90 Å². The maximum atomic E-state index is 12.2. The second kappa shape index (κ2) is 5.87. The summed E-state index contributed by atoms with van der Waals surface area (Å²) in [4.78, 5) is 24.9. The number of carbonyl (C=O) groups excluding carboxylic acids is 2. The third kappa shape index (κ3) is 3.13. The first-order valence-corrected chi connectivity index (χ1v) is 6.56. The molecule has 0 unspecified atom stereocenters. The van der Waals surface area contributed by atoms with Crippen LogP contribution in [0.25, 0.3) is 0 Å². The highest BCUT2D eigenvalue weighted by molar-refractivity contribution is 5.94. The minimum absolute atomic E-state index is 0.0430. The van der Waals surface area contributed by atoms with E-state index in [2.05, 4.69) is 4.74 Å². The average molecular weight is 261 g/mol. The van der Waals surface area contributed by atoms with E-state index in [1.54, 1.807) is 11.9 Å². The van der Waals surface area contributed by atoms with Crippen molar-refractivity contribution in [1.29, 1.82) is 0 Å². The lowest BCUT2D eigenvalue weighted by molar-refractivity contribution is -0.140. The van der Waals surface area contributed by atoms with Gasteiger partial charge in [-0.15, -0.1) is 0 Å². The molecule has 0 radical (unpaired) electrons. The van der Waals surface area contributed by atoms with Crippen molar-refractivity contribution in [3.05, 3.63) is 34.9 Å². The first-order valence-electron chi connectivity index (χ1n) is 6.56. The molecule has 4 nitrogen and oxygen atoms in total. The zero-order valence-electron chi connectivity index (χ0n) is 11.4. The Hall–Kier alpha value is -1.84. The van der Waals surface area contributed by atoms with Gasteiger partial charge in [0.05, 0.1) is 13.5 Å². The Morgan fingerprint density at radius 2 is 2.00 bits per heavy atom. The summed E-state index contributed by atoms with van der Waals surface area (Å²) in [6.45, 7) is 0.378. The van der Waals surface area contributed by atoms with Crippen LogP contribution in [0.5, 0.6) is 0 Å². The van der Waals surface area contributed by atoms with Crippen molar-refractivity contribution in [2.24, 2.45) is 0 Å². The molecule has 1 aromatic rings. The number of esters is 1. The highest BCUT2D eigenvalue weighted by atomic mass is 16.5. The summed E-state index contributed by atoms with van der Waals surface area (Å²) in [6, 6.07) is 5.91. The lowest BCUT2D eigenvalue weighted by Crippen LogP contribution is -2.29. The van der Waals surface area contributed by atoms with Gasteiger partial charge in [0.15, 0.2) is 0 Å². The molecule has 0 N–H and O–H groups in total. The summed E-state index contributed by atoms with van der Waals surface area (Å²) in [5.41, 5.74) is 3.34. The lowest BCUT2D eigenvalue weighted by Gasteiger charge is -2.17. The molecule has 4 heteroatoms. The van der Waals surface area contributed by atoms with Crippen molar-refractivity contribution in [2.75, 3.05) is 20.7 Å². The van der Waals surface area contributed by atoms with E-state index in [1.165, 1.54) is 24.7 Å². The Labute approximate surface area is 113 Å². The van der Waals surface area contributed by atoms with Crippen LogP contribution < -0.4 is 0 Å². The Morgan fingerprint density at radius 3 is 2.74 bits per heavy atom. The molecule has 1 amide bonds. The van der Waals surface area contributed by atoms with Crippen molar-refractivity contribution in [2.45, 2.75) is 25.7 Å². The van der Waals surface area contributed by atoms with Crippen LogP contribution in [0.15, 0.2) is 18.2 Å². The van der Waals surface area contributed by atoms with E-state index in [4.69, 9.17) is 0 Å². The topological polar surface area (TPSA) is 46.6 Å². The van der Waals surface area contributed by atoms with Gasteiger partial charge in [0.1, 0.15) is 0 Å². The van der Waals surface area contributed by atoms with Gasteiger partial charge in [-0.25, -0.2) is 0 Å². The number of rotatable bonds is 4. The van der Waals surface area contributed by atoms with E-state index >= 15 is 0 Å². The van der Waals surface area contributed by atoms with Crippen molar-refractivity contribution in [3.63, 3.8) is 0 Å². The van der Waals surface area contributed by atoms with Crippen LogP contribution in [0.4, 0.5) is 0 Å². The van der Waals surface area contributed by atoms with Gasteiger partial charge in [-0.2, -0.15) is 0 Å². The molecule has 0 aromatic heterocycles. The van der Waals surface area contributed by atoms with Gasteiger partial charge in [0, 0.05) is 19.2 Å². The zero-order chi connectivity index (χ0) is 13.8. The fourth-order valence-corrected chi connectivity index (χ4v) is 2.39. The maximum Gasteiger partial charge on any atom is 0.307 e. The second-order valence-corrected chi connectivity index (χ2v) is 4.89. The second-order valence-electron chi connectivity index (χ2n) is 4.89. The first kappa shape index (κ1) is 13.6. The number of nitrogens with zero attached hydrogens (tertiary/aromatic N) is 1. The number of methoxy groups -OCH3 is 1. The van der Waals surface area contributed by atoms with E-state index in [0.717, 1.165) is 12.8 Å². The monoisotopic (exact) mass is 261 g/mol. The Balaban J connectivity index is 2.01. The molecule has 1 aliphatic carbocycles. The molecular formula is C15H19NO3. The van der Waals surface area contributed by atoms with Crippen molar-refractivity contribution in [3.8, 4) is 0 Å². The molecule has 0 aliphatic heterocycles. The SMILES string of the molecule is COC(=O)CCN(C)C(=O)c1ccc2c(c1)CCC2. The molecule has 0 fully saturated rings. The Kier molecular flexibility index (Phi) is 4.20. The molecular weight excluding hydrogens is 242 g/mol. The quantitative estimate of drug-likeness (QED) is 0.777. The van der Waals surface area contributed by atoms with Crippen LogP contribution in [0, 0.1) is 0 Å². The van der Waals surface area contributed by atoms with Gasteiger partial charge in [0.25, 0.3) is 5.91 Å². The van der Waals surface area contributed by atoms with Gasteiger partial charge in [0.2, 0.25) is 0 Å². The van der Waals surface area contributed by atoms with Gasteiger partial charge < -0.3 is 9.64 Å². The molecule has 1 aromatic carbocycles. The molecule has 0 atom stereocenters. The van der Waals surface area contributed by atoms with E-state index < -0.39 is 0 Å². The number of carbonyl (C=O) groups is 2. The fourth-order valence-electron chi connectivity index (χ4n) is 2.39. The standard InChI is InChI=1S/C15H19NO3/c1-16(9-8-14(17)19-2)15(18)13-7-6-11-4-3-5-12(11)10-13/h6-7,10H,3-5,8-9H2,1-2H3. The molecule has 1 aliphatic rings. The van der Waals surface area contributed by atoms with E-state index in [-0.39, 0.29) is 18.3 Å². The van der Waals surface area contributed by atoms with Crippen LogP contribution >= 0.6 is 0 Å². The largest absolute Gasteiger partial charge is 0.469 e. The average Bonchev–Trinajstić information content (AvgIpc) is 2.90. The predicted molar refractivity (Wildman–Crippen MR) is 72.1 cm³/mol. The number of hydrogen-bond acceptors (Lipinski definition) is 3. The number of aryl methyl sites for hydroxylation is 2. The summed E-state index contributed by atoms with van der Waals surface area (Å²) in [7, 11) is 3.06.